The zero-order valence-electron chi connectivity index (χ0n) is 13.8. The van der Waals surface area contributed by atoms with Crippen LogP contribution in [0.1, 0.15) is 31.1 Å². The van der Waals surface area contributed by atoms with Crippen molar-refractivity contribution in [1.82, 2.24) is 15.0 Å². The number of carbonyl (C=O) groups is 1. The number of aromatic amines is 1. The molecule has 25 heavy (non-hydrogen) atoms. The number of aromatic hydroxyl groups is 1. The third-order valence-electron chi connectivity index (χ3n) is 3.67. The number of H-pyrrole nitrogens is 1. The molecule has 1 aromatic carbocycles. The van der Waals surface area contributed by atoms with E-state index in [0.717, 1.165) is 4.57 Å². The van der Waals surface area contributed by atoms with Crippen LogP contribution >= 0.6 is 0 Å². The molecule has 1 atom stereocenters. The van der Waals surface area contributed by atoms with Gasteiger partial charge in [-0.1, -0.05) is 26.0 Å². The molecule has 0 aliphatic carbocycles. The summed E-state index contributed by atoms with van der Waals surface area (Å²) >= 11 is 0. The van der Waals surface area contributed by atoms with Crippen LogP contribution in [0.4, 0.5) is 4.39 Å². The minimum absolute atomic E-state index is 0.0785. The molecule has 4 N–H and O–H groups in total. The van der Waals surface area contributed by atoms with Crippen molar-refractivity contribution >= 4 is 5.91 Å². The molecule has 1 heterocycles. The molecule has 0 aliphatic heterocycles. The molecule has 0 fully saturated rings. The fourth-order valence-corrected chi connectivity index (χ4v) is 2.53. The number of hydrogen-bond acceptors (Lipinski definition) is 5. The number of imidazole rings is 1. The number of carbonyl (C=O) groups excluding carboxylic acids is 1. The zero-order valence-corrected chi connectivity index (χ0v) is 13.8. The highest BCUT2D eigenvalue weighted by atomic mass is 19.1. The number of nitrogens with zero attached hydrogens (tertiary/aromatic N) is 1. The number of halogens is 1. The van der Waals surface area contributed by atoms with Gasteiger partial charge in [-0.25, -0.2) is 19.2 Å². The second-order valence-electron chi connectivity index (χ2n) is 5.89. The van der Waals surface area contributed by atoms with Gasteiger partial charge in [-0.2, -0.15) is 0 Å². The van der Waals surface area contributed by atoms with Gasteiger partial charge >= 0.3 is 5.69 Å². The van der Waals surface area contributed by atoms with E-state index >= 15 is 0 Å². The highest BCUT2D eigenvalue weighted by molar-refractivity contribution is 5.79. The van der Waals surface area contributed by atoms with Crippen molar-refractivity contribution in [2.75, 3.05) is 0 Å². The Hall–Kier alpha value is -2.65. The lowest BCUT2D eigenvalue weighted by Crippen LogP contribution is -2.37. The van der Waals surface area contributed by atoms with E-state index in [-0.39, 0.29) is 24.8 Å². The monoisotopic (exact) mass is 353 g/mol. The zero-order chi connectivity index (χ0) is 18.6. The molecule has 0 saturated carbocycles. The Morgan fingerprint density at radius 3 is 2.72 bits per heavy atom. The molecule has 0 radical (unpaired) electrons. The Morgan fingerprint density at radius 1 is 1.40 bits per heavy atom. The van der Waals surface area contributed by atoms with Crippen LogP contribution in [0, 0.1) is 11.7 Å². The Kier molecular flexibility index (Phi) is 5.94. The predicted molar refractivity (Wildman–Crippen MR) is 85.4 cm³/mol. The number of ether oxygens (including phenoxy) is 1. The van der Waals surface area contributed by atoms with E-state index in [1.54, 1.807) is 26.0 Å². The average Bonchev–Trinajstić information content (AvgIpc) is 2.82. The van der Waals surface area contributed by atoms with Gasteiger partial charge in [0.2, 0.25) is 5.88 Å². The van der Waals surface area contributed by atoms with Crippen molar-refractivity contribution in [2.45, 2.75) is 33.1 Å². The summed E-state index contributed by atoms with van der Waals surface area (Å²) in [6, 6.07) is 4.76. The molecule has 0 spiro atoms. The molecule has 1 aromatic heterocycles. The molecular weight excluding hydrogens is 333 g/mol. The molecule has 136 valence electrons. The van der Waals surface area contributed by atoms with Crippen LogP contribution in [-0.4, -0.2) is 25.8 Å². The summed E-state index contributed by atoms with van der Waals surface area (Å²) in [6.45, 7) is 3.27. The Bertz CT molecular complexity index is 799. The van der Waals surface area contributed by atoms with Crippen LogP contribution in [0.5, 0.6) is 5.88 Å². The maximum Gasteiger partial charge on any atom is 0.329 e. The highest BCUT2D eigenvalue weighted by Crippen LogP contribution is 2.24. The fourth-order valence-electron chi connectivity index (χ4n) is 2.53. The Labute approximate surface area is 142 Å². The Balaban J connectivity index is 2.15. The van der Waals surface area contributed by atoms with Crippen LogP contribution in [0.15, 0.2) is 29.1 Å². The van der Waals surface area contributed by atoms with E-state index in [1.165, 1.54) is 17.6 Å². The molecule has 0 unspecified atom stereocenters. The van der Waals surface area contributed by atoms with Crippen molar-refractivity contribution in [1.29, 1.82) is 0 Å². The third kappa shape index (κ3) is 4.25. The summed E-state index contributed by atoms with van der Waals surface area (Å²) < 4.78 is 19.3. The van der Waals surface area contributed by atoms with Crippen molar-refractivity contribution in [3.8, 4) is 5.88 Å². The minimum atomic E-state index is -1.09. The van der Waals surface area contributed by atoms with E-state index < -0.39 is 29.3 Å². The van der Waals surface area contributed by atoms with E-state index in [0.29, 0.717) is 5.56 Å². The summed E-state index contributed by atoms with van der Waals surface area (Å²) in [5.74, 6) is -2.03. The van der Waals surface area contributed by atoms with Crippen LogP contribution in [0.3, 0.4) is 0 Å². The van der Waals surface area contributed by atoms with Crippen molar-refractivity contribution in [3.63, 3.8) is 0 Å². The maximum atomic E-state index is 13.1. The lowest BCUT2D eigenvalue weighted by molar-refractivity contribution is -0.134. The van der Waals surface area contributed by atoms with Crippen LogP contribution in [0.2, 0.25) is 0 Å². The van der Waals surface area contributed by atoms with Crippen molar-refractivity contribution in [3.05, 3.63) is 51.8 Å². The van der Waals surface area contributed by atoms with Gasteiger partial charge in [0.25, 0.3) is 5.91 Å². The van der Waals surface area contributed by atoms with Crippen LogP contribution in [-0.2, 0) is 22.7 Å². The van der Waals surface area contributed by atoms with Crippen molar-refractivity contribution < 1.29 is 24.2 Å². The standard InChI is InChI=1S/C16H20FN3O5/c1-9(2)13(14(21)19-24)20-15(22)12(18-16(20)23)8-25-7-10-4-3-5-11(17)6-10/h3-6,9,13,22,24H,7-8H2,1-2H3,(H,18,23)(H,19,21)/t13-/m1/s1. The van der Waals surface area contributed by atoms with Crippen molar-refractivity contribution in [2.24, 2.45) is 5.92 Å². The first-order valence-corrected chi connectivity index (χ1v) is 7.63. The molecule has 8 nitrogen and oxygen atoms in total. The number of amides is 1. The molecule has 9 heteroatoms. The maximum absolute atomic E-state index is 13.1. The topological polar surface area (TPSA) is 117 Å². The van der Waals surface area contributed by atoms with Gasteiger partial charge in [0.1, 0.15) is 17.6 Å². The second kappa shape index (κ2) is 7.95. The highest BCUT2D eigenvalue weighted by Gasteiger charge is 2.29. The number of aromatic nitrogens is 2. The molecular formula is C16H20FN3O5. The Morgan fingerprint density at radius 2 is 2.12 bits per heavy atom. The van der Waals surface area contributed by atoms with Gasteiger partial charge in [0.15, 0.2) is 0 Å². The number of hydrogen-bond donors (Lipinski definition) is 4. The predicted octanol–water partition coefficient (Wildman–Crippen LogP) is 1.44. The van der Waals surface area contributed by atoms with Gasteiger partial charge in [-0.05, 0) is 23.6 Å². The number of benzene rings is 1. The summed E-state index contributed by atoms with van der Waals surface area (Å²) in [4.78, 5) is 26.3. The largest absolute Gasteiger partial charge is 0.493 e. The van der Waals surface area contributed by atoms with Gasteiger partial charge < -0.3 is 14.8 Å². The van der Waals surface area contributed by atoms with Gasteiger partial charge in [0, 0.05) is 0 Å². The normalized spacial score (nSPS) is 12.4. The average molecular weight is 353 g/mol. The molecule has 2 aromatic rings. The molecule has 0 aliphatic rings. The van der Waals surface area contributed by atoms with Gasteiger partial charge in [0.05, 0.1) is 13.2 Å². The first kappa shape index (κ1) is 18.7. The second-order valence-corrected chi connectivity index (χ2v) is 5.89. The SMILES string of the molecule is CC(C)[C@H](C(=O)NO)n1c(O)c(COCc2cccc(F)c2)[nH]c1=O. The van der Waals surface area contributed by atoms with E-state index in [9.17, 15) is 19.1 Å². The van der Waals surface area contributed by atoms with E-state index in [2.05, 4.69) is 4.98 Å². The van der Waals surface area contributed by atoms with E-state index in [4.69, 9.17) is 9.94 Å². The number of rotatable bonds is 7. The number of hydroxylamine groups is 1. The molecule has 0 saturated heterocycles. The molecule has 0 bridgehead atoms. The summed E-state index contributed by atoms with van der Waals surface area (Å²) in [6.07, 6.45) is 0. The summed E-state index contributed by atoms with van der Waals surface area (Å²) in [7, 11) is 0. The first-order valence-electron chi connectivity index (χ1n) is 7.63. The lowest BCUT2D eigenvalue weighted by Gasteiger charge is -2.19. The molecule has 2 rings (SSSR count). The smallest absolute Gasteiger partial charge is 0.329 e. The quantitative estimate of drug-likeness (QED) is 0.444. The van der Waals surface area contributed by atoms with Gasteiger partial charge in [-0.3, -0.25) is 10.0 Å². The van der Waals surface area contributed by atoms with Crippen LogP contribution in [0.25, 0.3) is 0 Å². The first-order chi connectivity index (χ1) is 11.8. The van der Waals surface area contributed by atoms with Crippen LogP contribution < -0.4 is 11.2 Å². The minimum Gasteiger partial charge on any atom is -0.493 e. The lowest BCUT2D eigenvalue weighted by atomic mass is 10.0. The summed E-state index contributed by atoms with van der Waals surface area (Å²) in [5, 5.41) is 19.1. The molecule has 1 amide bonds. The van der Waals surface area contributed by atoms with Gasteiger partial charge in [-0.15, -0.1) is 0 Å². The fraction of sp³-hybridized carbons (Fsp3) is 0.375. The summed E-state index contributed by atoms with van der Waals surface area (Å²) in [5.41, 5.74) is 1.46. The van der Waals surface area contributed by atoms with E-state index in [1.807, 2.05) is 0 Å². The third-order valence-corrected chi connectivity index (χ3v) is 3.67. The number of nitrogens with one attached hydrogen (secondary N) is 2.